The molecule has 0 saturated carbocycles. The van der Waals surface area contributed by atoms with E-state index in [-0.39, 0.29) is 10.6 Å². The minimum Gasteiger partial charge on any atom is -0.381 e. The molecular formula is C18H27N5O3. The third-order valence-corrected chi connectivity index (χ3v) is 5.05. The molecule has 0 aliphatic carbocycles. The van der Waals surface area contributed by atoms with Gasteiger partial charge in [0, 0.05) is 44.3 Å². The second-order valence-electron chi connectivity index (χ2n) is 6.91. The fourth-order valence-corrected chi connectivity index (χ4v) is 3.65. The molecule has 8 nitrogen and oxygen atoms in total. The van der Waals surface area contributed by atoms with Crippen molar-refractivity contribution in [3.63, 3.8) is 0 Å². The molecule has 0 amide bonds. The molecule has 1 aromatic rings. The predicted molar refractivity (Wildman–Crippen MR) is 102 cm³/mol. The Morgan fingerprint density at radius 2 is 2.27 bits per heavy atom. The Morgan fingerprint density at radius 1 is 1.42 bits per heavy atom. The summed E-state index contributed by atoms with van der Waals surface area (Å²) in [6.45, 7) is 7.66. The number of para-hydroxylation sites is 2. The van der Waals surface area contributed by atoms with Gasteiger partial charge in [-0.15, -0.1) is 0 Å². The van der Waals surface area contributed by atoms with Crippen LogP contribution in [0.25, 0.3) is 0 Å². The molecule has 3 rings (SSSR count). The number of aliphatic imine (C=N–C) groups is 1. The van der Waals surface area contributed by atoms with Crippen LogP contribution in [0.3, 0.4) is 0 Å². The minimum atomic E-state index is -0.372. The highest BCUT2D eigenvalue weighted by Crippen LogP contribution is 2.38. The van der Waals surface area contributed by atoms with E-state index >= 15 is 0 Å². The van der Waals surface area contributed by atoms with Crippen LogP contribution in [-0.4, -0.2) is 61.7 Å². The van der Waals surface area contributed by atoms with Crippen molar-refractivity contribution in [2.45, 2.75) is 19.8 Å². The average molecular weight is 361 g/mol. The first-order valence-electron chi connectivity index (χ1n) is 9.22. The number of likely N-dealkylation sites (tertiary alicyclic amines) is 1. The predicted octanol–water partition coefficient (Wildman–Crippen LogP) is 2.08. The van der Waals surface area contributed by atoms with Gasteiger partial charge in [-0.05, 0) is 25.8 Å². The second-order valence-corrected chi connectivity index (χ2v) is 6.91. The van der Waals surface area contributed by atoms with Crippen LogP contribution >= 0.6 is 0 Å². The fraction of sp³-hybridized carbons (Fsp3) is 0.611. The Hall–Kier alpha value is -2.35. The van der Waals surface area contributed by atoms with Crippen molar-refractivity contribution >= 4 is 17.3 Å². The fourth-order valence-electron chi connectivity index (χ4n) is 3.65. The summed E-state index contributed by atoms with van der Waals surface area (Å²) in [6, 6.07) is 6.68. The molecule has 2 saturated heterocycles. The minimum absolute atomic E-state index is 0.0890. The average Bonchev–Trinajstić information content (AvgIpc) is 3.28. The molecule has 8 heteroatoms. The maximum absolute atomic E-state index is 11.1. The molecule has 1 atom stereocenters. The van der Waals surface area contributed by atoms with Crippen LogP contribution in [0.5, 0.6) is 0 Å². The zero-order valence-electron chi connectivity index (χ0n) is 15.2. The number of anilines is 1. The van der Waals surface area contributed by atoms with Crippen molar-refractivity contribution in [1.82, 2.24) is 10.2 Å². The number of hydrogen-bond donors (Lipinski definition) is 2. The SMILES string of the molecule is CCNC(=NCCNc1ccccc1[N+](=O)[O-])N1CCC2(CCOC2)C1. The highest BCUT2D eigenvalue weighted by atomic mass is 16.6. The summed E-state index contributed by atoms with van der Waals surface area (Å²) in [5, 5.41) is 17.5. The molecule has 2 N–H and O–H groups in total. The molecule has 1 unspecified atom stereocenters. The van der Waals surface area contributed by atoms with Gasteiger partial charge in [0.15, 0.2) is 5.96 Å². The molecule has 2 aliphatic heterocycles. The summed E-state index contributed by atoms with van der Waals surface area (Å²) in [4.78, 5) is 17.7. The van der Waals surface area contributed by atoms with E-state index in [1.165, 1.54) is 6.07 Å². The second kappa shape index (κ2) is 8.35. The van der Waals surface area contributed by atoms with Crippen LogP contribution in [0.4, 0.5) is 11.4 Å². The van der Waals surface area contributed by atoms with Crippen molar-refractivity contribution in [2.24, 2.45) is 10.4 Å². The van der Waals surface area contributed by atoms with Gasteiger partial charge in [0.05, 0.1) is 18.1 Å². The van der Waals surface area contributed by atoms with E-state index in [0.29, 0.717) is 24.2 Å². The summed E-state index contributed by atoms with van der Waals surface area (Å²) in [5.41, 5.74) is 0.908. The molecule has 0 radical (unpaired) electrons. The smallest absolute Gasteiger partial charge is 0.292 e. The van der Waals surface area contributed by atoms with Crippen LogP contribution in [0, 0.1) is 15.5 Å². The Kier molecular flexibility index (Phi) is 5.92. The van der Waals surface area contributed by atoms with E-state index in [0.717, 1.165) is 51.6 Å². The lowest BCUT2D eigenvalue weighted by molar-refractivity contribution is -0.384. The summed E-state index contributed by atoms with van der Waals surface area (Å²) in [7, 11) is 0. The van der Waals surface area contributed by atoms with Crippen LogP contribution in [0.1, 0.15) is 19.8 Å². The highest BCUT2D eigenvalue weighted by molar-refractivity contribution is 5.80. The van der Waals surface area contributed by atoms with Gasteiger partial charge < -0.3 is 20.3 Å². The molecule has 26 heavy (non-hydrogen) atoms. The van der Waals surface area contributed by atoms with Gasteiger partial charge in [-0.2, -0.15) is 0 Å². The Bertz CT molecular complexity index is 658. The van der Waals surface area contributed by atoms with Crippen molar-refractivity contribution < 1.29 is 9.66 Å². The molecule has 142 valence electrons. The van der Waals surface area contributed by atoms with Gasteiger partial charge in [-0.25, -0.2) is 0 Å². The molecular weight excluding hydrogens is 334 g/mol. The molecule has 1 aromatic carbocycles. The standard InChI is InChI=1S/C18H27N5O3/c1-2-19-17(22-11-7-18(13-22)8-12-26-14-18)21-10-9-20-15-5-3-4-6-16(15)23(24)25/h3-6,20H,2,7-14H2,1H3,(H,19,21). The number of ether oxygens (including phenoxy) is 1. The van der Waals surface area contributed by atoms with E-state index in [9.17, 15) is 10.1 Å². The summed E-state index contributed by atoms with van der Waals surface area (Å²) in [6.07, 6.45) is 2.27. The summed E-state index contributed by atoms with van der Waals surface area (Å²) in [5.74, 6) is 0.917. The molecule has 0 aromatic heterocycles. The monoisotopic (exact) mass is 361 g/mol. The molecule has 0 bridgehead atoms. The highest BCUT2D eigenvalue weighted by Gasteiger charge is 2.42. The number of nitrogens with one attached hydrogen (secondary N) is 2. The molecule has 2 fully saturated rings. The normalized spacial score (nSPS) is 22.8. The zero-order valence-corrected chi connectivity index (χ0v) is 15.2. The summed E-state index contributed by atoms with van der Waals surface area (Å²) < 4.78 is 5.60. The largest absolute Gasteiger partial charge is 0.381 e. The van der Waals surface area contributed by atoms with Crippen LogP contribution in [-0.2, 0) is 4.74 Å². The van der Waals surface area contributed by atoms with Gasteiger partial charge in [0.1, 0.15) is 5.69 Å². The van der Waals surface area contributed by atoms with Crippen molar-refractivity contribution in [3.8, 4) is 0 Å². The van der Waals surface area contributed by atoms with E-state index in [4.69, 9.17) is 9.73 Å². The lowest BCUT2D eigenvalue weighted by atomic mass is 9.87. The van der Waals surface area contributed by atoms with Gasteiger partial charge in [0.25, 0.3) is 5.69 Å². The van der Waals surface area contributed by atoms with Gasteiger partial charge in [0.2, 0.25) is 0 Å². The lowest BCUT2D eigenvalue weighted by Gasteiger charge is -2.25. The Morgan fingerprint density at radius 3 is 3.00 bits per heavy atom. The van der Waals surface area contributed by atoms with Crippen molar-refractivity contribution in [3.05, 3.63) is 34.4 Å². The zero-order chi connectivity index (χ0) is 18.4. The lowest BCUT2D eigenvalue weighted by Crippen LogP contribution is -2.41. The first-order chi connectivity index (χ1) is 12.6. The quantitative estimate of drug-likeness (QED) is 0.265. The van der Waals surface area contributed by atoms with Gasteiger partial charge in [-0.1, -0.05) is 12.1 Å². The molecule has 1 spiro atoms. The van der Waals surface area contributed by atoms with Crippen molar-refractivity contribution in [1.29, 1.82) is 0 Å². The van der Waals surface area contributed by atoms with E-state index in [1.807, 2.05) is 0 Å². The number of guanidine groups is 1. The first kappa shape index (κ1) is 18.4. The van der Waals surface area contributed by atoms with Crippen LogP contribution < -0.4 is 10.6 Å². The maximum Gasteiger partial charge on any atom is 0.292 e. The van der Waals surface area contributed by atoms with Crippen LogP contribution in [0.15, 0.2) is 29.3 Å². The summed E-state index contributed by atoms with van der Waals surface area (Å²) >= 11 is 0. The van der Waals surface area contributed by atoms with E-state index in [1.54, 1.807) is 18.2 Å². The van der Waals surface area contributed by atoms with Crippen LogP contribution in [0.2, 0.25) is 0 Å². The van der Waals surface area contributed by atoms with E-state index in [2.05, 4.69) is 22.5 Å². The third kappa shape index (κ3) is 4.24. The van der Waals surface area contributed by atoms with Gasteiger partial charge in [-0.3, -0.25) is 15.1 Å². The number of nitrogens with zero attached hydrogens (tertiary/aromatic N) is 3. The molecule has 2 heterocycles. The van der Waals surface area contributed by atoms with E-state index < -0.39 is 0 Å². The maximum atomic E-state index is 11.1. The number of benzene rings is 1. The van der Waals surface area contributed by atoms with Gasteiger partial charge >= 0.3 is 0 Å². The molecule has 2 aliphatic rings. The Labute approximate surface area is 153 Å². The number of nitro benzene ring substituents is 1. The number of nitro groups is 1. The third-order valence-electron chi connectivity index (χ3n) is 5.05. The van der Waals surface area contributed by atoms with Crippen molar-refractivity contribution in [2.75, 3.05) is 51.3 Å². The Balaban J connectivity index is 1.56. The number of rotatable bonds is 6. The number of hydrogen-bond acceptors (Lipinski definition) is 5. The first-order valence-corrected chi connectivity index (χ1v) is 9.22. The topological polar surface area (TPSA) is 92.0 Å².